The zero-order valence-electron chi connectivity index (χ0n) is 12.7. The fourth-order valence-corrected chi connectivity index (χ4v) is 2.48. The summed E-state index contributed by atoms with van der Waals surface area (Å²) in [7, 11) is 3.04. The maximum Gasteiger partial charge on any atom is 0.160 e. The molecular weight excluding hydrogens is 285 g/mol. The van der Waals surface area contributed by atoms with Crippen molar-refractivity contribution in [2.24, 2.45) is 5.73 Å². The molecule has 118 valence electrons. The minimum Gasteiger partial charge on any atom is -0.504 e. The molecule has 0 heterocycles. The summed E-state index contributed by atoms with van der Waals surface area (Å²) in [4.78, 5) is 0. The van der Waals surface area contributed by atoms with E-state index in [1.54, 1.807) is 31.4 Å². The van der Waals surface area contributed by atoms with E-state index >= 15 is 0 Å². The van der Waals surface area contributed by atoms with Gasteiger partial charge in [-0.3, -0.25) is 0 Å². The highest BCUT2D eigenvalue weighted by Gasteiger charge is 2.17. The summed E-state index contributed by atoms with van der Waals surface area (Å²) in [6.07, 6.45) is 0.590. The molecule has 0 aliphatic heterocycles. The molecule has 2 aromatic carbocycles. The van der Waals surface area contributed by atoms with E-state index in [1.807, 2.05) is 0 Å². The first-order valence-corrected chi connectivity index (χ1v) is 6.98. The van der Waals surface area contributed by atoms with Crippen molar-refractivity contribution in [2.45, 2.75) is 12.3 Å². The lowest BCUT2D eigenvalue weighted by atomic mass is 9.91. The van der Waals surface area contributed by atoms with E-state index in [1.165, 1.54) is 19.2 Å². The molecule has 0 bridgehead atoms. The normalized spacial score (nSPS) is 12.0. The number of rotatable bonds is 6. The molecule has 2 aromatic rings. The third-order valence-corrected chi connectivity index (χ3v) is 3.64. The summed E-state index contributed by atoms with van der Waals surface area (Å²) in [6.45, 7) is 0.350. The molecule has 0 aliphatic rings. The average molecular weight is 305 g/mol. The van der Waals surface area contributed by atoms with Crippen LogP contribution in [-0.4, -0.2) is 25.9 Å². The number of hydrogen-bond donors (Lipinski definition) is 2. The highest BCUT2D eigenvalue weighted by atomic mass is 19.1. The third kappa shape index (κ3) is 3.49. The topological polar surface area (TPSA) is 64.7 Å². The van der Waals surface area contributed by atoms with E-state index in [4.69, 9.17) is 15.2 Å². The van der Waals surface area contributed by atoms with Gasteiger partial charge in [0.2, 0.25) is 0 Å². The predicted octanol–water partition coefficient (Wildman–Crippen LogP) is 2.83. The van der Waals surface area contributed by atoms with Gasteiger partial charge < -0.3 is 20.3 Å². The van der Waals surface area contributed by atoms with Crippen LogP contribution in [0.4, 0.5) is 4.39 Å². The monoisotopic (exact) mass is 305 g/mol. The third-order valence-electron chi connectivity index (χ3n) is 3.64. The first-order chi connectivity index (χ1) is 10.6. The second-order valence-electron chi connectivity index (χ2n) is 5.03. The van der Waals surface area contributed by atoms with Crippen LogP contribution >= 0.6 is 0 Å². The van der Waals surface area contributed by atoms with Gasteiger partial charge in [-0.1, -0.05) is 6.07 Å². The van der Waals surface area contributed by atoms with Gasteiger partial charge in [0.25, 0.3) is 0 Å². The van der Waals surface area contributed by atoms with Crippen LogP contribution in [0, 0.1) is 5.82 Å². The molecule has 1 atom stereocenters. The van der Waals surface area contributed by atoms with Crippen LogP contribution in [0.25, 0.3) is 0 Å². The van der Waals surface area contributed by atoms with Gasteiger partial charge in [-0.25, -0.2) is 4.39 Å². The molecule has 0 spiro atoms. The molecule has 0 radical (unpaired) electrons. The summed E-state index contributed by atoms with van der Waals surface area (Å²) in [5.74, 6) is 0.679. The highest BCUT2D eigenvalue weighted by Crippen LogP contribution is 2.32. The highest BCUT2D eigenvalue weighted by molar-refractivity contribution is 5.43. The number of nitrogens with two attached hydrogens (primary N) is 1. The van der Waals surface area contributed by atoms with Crippen LogP contribution in [0.15, 0.2) is 36.4 Å². The number of aromatic hydroxyl groups is 1. The van der Waals surface area contributed by atoms with Crippen LogP contribution in [-0.2, 0) is 6.42 Å². The molecule has 4 nitrogen and oxygen atoms in total. The van der Waals surface area contributed by atoms with Gasteiger partial charge in [-0.2, -0.15) is 0 Å². The van der Waals surface area contributed by atoms with Crippen molar-refractivity contribution < 1.29 is 19.0 Å². The molecular formula is C17H20FNO3. The second-order valence-corrected chi connectivity index (χ2v) is 5.03. The fraction of sp³-hybridized carbons (Fsp3) is 0.294. The zero-order valence-corrected chi connectivity index (χ0v) is 12.7. The summed E-state index contributed by atoms with van der Waals surface area (Å²) in [5, 5.41) is 9.64. The van der Waals surface area contributed by atoms with Crippen LogP contribution in [0.1, 0.15) is 17.0 Å². The molecule has 1 unspecified atom stereocenters. The maximum atomic E-state index is 13.5. The molecule has 2 rings (SSSR count). The number of ether oxygens (including phenoxy) is 2. The number of methoxy groups -OCH3 is 2. The fourth-order valence-electron chi connectivity index (χ4n) is 2.48. The Morgan fingerprint density at radius 3 is 2.45 bits per heavy atom. The number of halogens is 1. The molecule has 5 heteroatoms. The number of phenols is 1. The Morgan fingerprint density at radius 2 is 1.82 bits per heavy atom. The van der Waals surface area contributed by atoms with E-state index in [0.29, 0.717) is 24.5 Å². The first-order valence-electron chi connectivity index (χ1n) is 6.98. The zero-order chi connectivity index (χ0) is 16.1. The Labute approximate surface area is 129 Å². The van der Waals surface area contributed by atoms with Crippen molar-refractivity contribution in [2.75, 3.05) is 20.8 Å². The van der Waals surface area contributed by atoms with Crippen LogP contribution in [0.2, 0.25) is 0 Å². The van der Waals surface area contributed by atoms with Gasteiger partial charge in [0.05, 0.1) is 14.2 Å². The molecule has 0 amide bonds. The molecule has 22 heavy (non-hydrogen) atoms. The summed E-state index contributed by atoms with van der Waals surface area (Å²) in [5.41, 5.74) is 7.54. The Morgan fingerprint density at radius 1 is 1.09 bits per heavy atom. The predicted molar refractivity (Wildman–Crippen MR) is 83.1 cm³/mol. The van der Waals surface area contributed by atoms with Gasteiger partial charge in [-0.15, -0.1) is 0 Å². The quantitative estimate of drug-likeness (QED) is 0.861. The Kier molecular flexibility index (Phi) is 5.22. The summed E-state index contributed by atoms with van der Waals surface area (Å²) >= 11 is 0. The Balaban J connectivity index is 2.31. The average Bonchev–Trinajstić information content (AvgIpc) is 2.54. The lowest BCUT2D eigenvalue weighted by Crippen LogP contribution is -2.16. The largest absolute Gasteiger partial charge is 0.504 e. The minimum absolute atomic E-state index is 0.0823. The van der Waals surface area contributed by atoms with E-state index in [2.05, 4.69) is 0 Å². The van der Waals surface area contributed by atoms with Crippen molar-refractivity contribution in [1.29, 1.82) is 0 Å². The van der Waals surface area contributed by atoms with E-state index < -0.39 is 0 Å². The Hall–Kier alpha value is -2.27. The van der Waals surface area contributed by atoms with Crippen molar-refractivity contribution in [3.63, 3.8) is 0 Å². The SMILES string of the molecule is COc1cc(CC(CN)c2cc(F)ccc2OC)ccc1O. The van der Waals surface area contributed by atoms with Crippen molar-refractivity contribution in [3.8, 4) is 17.2 Å². The van der Waals surface area contributed by atoms with E-state index in [0.717, 1.165) is 11.1 Å². The lowest BCUT2D eigenvalue weighted by Gasteiger charge is -2.19. The smallest absolute Gasteiger partial charge is 0.160 e. The molecule has 3 N–H and O–H groups in total. The van der Waals surface area contributed by atoms with Crippen molar-refractivity contribution in [1.82, 2.24) is 0 Å². The number of benzene rings is 2. The molecule has 0 saturated heterocycles. The van der Waals surface area contributed by atoms with E-state index in [-0.39, 0.29) is 17.5 Å². The van der Waals surface area contributed by atoms with Gasteiger partial charge in [-0.05, 0) is 48.9 Å². The standard InChI is InChI=1S/C17H20FNO3/c1-21-16-6-4-13(18)9-14(16)12(10-19)7-11-3-5-15(20)17(8-11)22-2/h3-6,8-9,12,20H,7,10,19H2,1-2H3. The van der Waals surface area contributed by atoms with E-state index in [9.17, 15) is 9.50 Å². The van der Waals surface area contributed by atoms with Gasteiger partial charge in [0.15, 0.2) is 11.5 Å². The first kappa shape index (κ1) is 16.1. The van der Waals surface area contributed by atoms with Gasteiger partial charge in [0.1, 0.15) is 11.6 Å². The van der Waals surface area contributed by atoms with Crippen LogP contribution in [0.3, 0.4) is 0 Å². The maximum absolute atomic E-state index is 13.5. The molecule has 0 saturated carbocycles. The molecule has 0 aliphatic carbocycles. The second kappa shape index (κ2) is 7.13. The van der Waals surface area contributed by atoms with Crippen LogP contribution in [0.5, 0.6) is 17.2 Å². The molecule has 0 aromatic heterocycles. The molecule has 0 fully saturated rings. The minimum atomic E-state index is -0.322. The lowest BCUT2D eigenvalue weighted by molar-refractivity contribution is 0.372. The van der Waals surface area contributed by atoms with Crippen LogP contribution < -0.4 is 15.2 Å². The van der Waals surface area contributed by atoms with Crippen molar-refractivity contribution >= 4 is 0 Å². The number of hydrogen-bond acceptors (Lipinski definition) is 4. The number of phenolic OH excluding ortho intramolecular Hbond substituents is 1. The summed E-state index contributed by atoms with van der Waals surface area (Å²) < 4.78 is 23.9. The Bertz CT molecular complexity index is 646. The van der Waals surface area contributed by atoms with Crippen molar-refractivity contribution in [3.05, 3.63) is 53.3 Å². The summed E-state index contributed by atoms with van der Waals surface area (Å²) in [6, 6.07) is 9.54. The van der Waals surface area contributed by atoms with Gasteiger partial charge >= 0.3 is 0 Å². The van der Waals surface area contributed by atoms with Gasteiger partial charge in [0, 0.05) is 11.5 Å².